The van der Waals surface area contributed by atoms with Gasteiger partial charge < -0.3 is 14.4 Å². The van der Waals surface area contributed by atoms with E-state index in [1.807, 2.05) is 0 Å². The zero-order chi connectivity index (χ0) is 18.1. The molecule has 3 heteroatoms. The van der Waals surface area contributed by atoms with Crippen LogP contribution in [0.2, 0.25) is 0 Å². The van der Waals surface area contributed by atoms with Crippen LogP contribution in [-0.2, 0) is 0 Å². The summed E-state index contributed by atoms with van der Waals surface area (Å²) >= 11 is 0. The number of hydrogen-bond acceptors (Lipinski definition) is 2. The molecule has 0 N–H and O–H groups in total. The fourth-order valence-electron chi connectivity index (χ4n) is 4.99. The minimum Gasteiger partial charge on any atom is -0.358 e. The average molecular weight is 351 g/mol. The van der Waals surface area contributed by atoms with Crippen LogP contribution in [-0.4, -0.2) is 22.7 Å². The zero-order valence-corrected chi connectivity index (χ0v) is 15.5. The summed E-state index contributed by atoms with van der Waals surface area (Å²) in [7, 11) is 2.17. The summed E-state index contributed by atoms with van der Waals surface area (Å²) in [5.41, 5.74) is 6.55. The van der Waals surface area contributed by atoms with Gasteiger partial charge in [0.1, 0.15) is 6.17 Å². The summed E-state index contributed by atoms with van der Waals surface area (Å²) in [6.45, 7) is 2.34. The van der Waals surface area contributed by atoms with Crippen molar-refractivity contribution >= 4 is 27.5 Å². The molecule has 4 aromatic rings. The maximum atomic E-state index is 2.42. The molecule has 132 valence electrons. The Morgan fingerprint density at radius 1 is 0.778 bits per heavy atom. The fraction of sp³-hybridized carbons (Fsp3) is 0.167. The van der Waals surface area contributed by atoms with Gasteiger partial charge >= 0.3 is 0 Å². The van der Waals surface area contributed by atoms with E-state index in [-0.39, 0.29) is 0 Å². The van der Waals surface area contributed by atoms with Gasteiger partial charge in [0.15, 0.2) is 0 Å². The summed E-state index contributed by atoms with van der Waals surface area (Å²) in [6, 6.07) is 24.2. The number of anilines is 1. The first-order valence-electron chi connectivity index (χ1n) is 9.55. The monoisotopic (exact) mass is 351 g/mol. The smallest absolute Gasteiger partial charge is 0.112 e. The number of para-hydroxylation sites is 2. The molecule has 3 aromatic carbocycles. The minimum absolute atomic E-state index is 0.392. The molecule has 0 aliphatic carbocycles. The normalized spacial score (nSPS) is 20.7. The predicted molar refractivity (Wildman–Crippen MR) is 112 cm³/mol. The second-order valence-corrected chi connectivity index (χ2v) is 7.69. The Kier molecular flexibility index (Phi) is 2.85. The third kappa shape index (κ3) is 1.86. The molecule has 0 amide bonds. The largest absolute Gasteiger partial charge is 0.358 e. The Morgan fingerprint density at radius 2 is 1.56 bits per heavy atom. The summed E-state index contributed by atoms with van der Waals surface area (Å²) in [5, 5.41) is 2.63. The highest BCUT2D eigenvalue weighted by Crippen LogP contribution is 2.47. The number of fused-ring (bicyclic) bond motifs is 6. The molecule has 1 aromatic heterocycles. The Hall–Kier alpha value is -3.20. The standard InChI is InChI=1S/C24H21N3/c1-16-19-14-23-20(15-22(19)26-13-12-25(2)24(16)26)18-10-6-7-11-21(18)27(23)17-8-4-3-5-9-17/h3-16,24H,1-2H3. The van der Waals surface area contributed by atoms with Crippen LogP contribution in [0.25, 0.3) is 27.5 Å². The molecule has 0 bridgehead atoms. The van der Waals surface area contributed by atoms with Crippen molar-refractivity contribution in [3.63, 3.8) is 0 Å². The van der Waals surface area contributed by atoms with Gasteiger partial charge in [0.05, 0.1) is 11.0 Å². The fourth-order valence-corrected chi connectivity index (χ4v) is 4.99. The number of aromatic nitrogens is 1. The number of nitrogens with zero attached hydrogens (tertiary/aromatic N) is 3. The Bertz CT molecular complexity index is 1220. The quantitative estimate of drug-likeness (QED) is 0.452. The number of hydrogen-bond donors (Lipinski definition) is 0. The summed E-state index contributed by atoms with van der Waals surface area (Å²) in [6.07, 6.45) is 4.79. The van der Waals surface area contributed by atoms with E-state index in [0.717, 1.165) is 0 Å². The first-order valence-corrected chi connectivity index (χ1v) is 9.55. The van der Waals surface area contributed by atoms with E-state index < -0.39 is 0 Å². The Labute approximate surface area is 158 Å². The maximum Gasteiger partial charge on any atom is 0.112 e. The third-order valence-corrected chi connectivity index (χ3v) is 6.22. The summed E-state index contributed by atoms with van der Waals surface area (Å²) < 4.78 is 2.40. The average Bonchev–Trinajstić information content (AvgIpc) is 3.33. The van der Waals surface area contributed by atoms with Crippen LogP contribution in [0.15, 0.2) is 79.1 Å². The number of benzene rings is 3. The van der Waals surface area contributed by atoms with Crippen molar-refractivity contribution in [1.29, 1.82) is 0 Å². The van der Waals surface area contributed by atoms with Gasteiger partial charge in [-0.15, -0.1) is 0 Å². The molecule has 0 spiro atoms. The van der Waals surface area contributed by atoms with Crippen LogP contribution in [0.1, 0.15) is 18.4 Å². The lowest BCUT2D eigenvalue weighted by atomic mass is 9.99. The molecule has 0 saturated heterocycles. The zero-order valence-electron chi connectivity index (χ0n) is 15.5. The van der Waals surface area contributed by atoms with E-state index in [4.69, 9.17) is 0 Å². The van der Waals surface area contributed by atoms with Crippen molar-refractivity contribution in [2.75, 3.05) is 11.9 Å². The van der Waals surface area contributed by atoms with E-state index in [9.17, 15) is 0 Å². The van der Waals surface area contributed by atoms with E-state index in [1.54, 1.807) is 0 Å². The predicted octanol–water partition coefficient (Wildman–Crippen LogP) is 5.45. The SMILES string of the molecule is CC1c2cc3c(cc2N2C=CN(C)C12)c1ccccc1n3-c1ccccc1. The molecule has 0 radical (unpaired) electrons. The number of rotatable bonds is 1. The van der Waals surface area contributed by atoms with Crippen molar-refractivity contribution in [3.8, 4) is 5.69 Å². The molecule has 0 saturated carbocycles. The van der Waals surface area contributed by atoms with Gasteiger partial charge in [-0.1, -0.05) is 43.3 Å². The van der Waals surface area contributed by atoms with Gasteiger partial charge in [0.2, 0.25) is 0 Å². The van der Waals surface area contributed by atoms with Crippen LogP contribution in [0, 0.1) is 0 Å². The summed E-state index contributed by atoms with van der Waals surface area (Å²) in [4.78, 5) is 4.74. The van der Waals surface area contributed by atoms with Gasteiger partial charge in [-0.3, -0.25) is 0 Å². The second kappa shape index (κ2) is 5.17. The van der Waals surface area contributed by atoms with Gasteiger partial charge in [-0.2, -0.15) is 0 Å². The molecule has 3 heterocycles. The van der Waals surface area contributed by atoms with E-state index in [0.29, 0.717) is 12.1 Å². The molecular weight excluding hydrogens is 330 g/mol. The minimum atomic E-state index is 0.392. The van der Waals surface area contributed by atoms with Crippen molar-refractivity contribution in [3.05, 3.63) is 84.7 Å². The van der Waals surface area contributed by atoms with Gasteiger partial charge in [0, 0.05) is 47.5 Å². The lowest BCUT2D eigenvalue weighted by Crippen LogP contribution is -2.35. The molecule has 0 fully saturated rings. The highest BCUT2D eigenvalue weighted by molar-refractivity contribution is 6.11. The van der Waals surface area contributed by atoms with Crippen LogP contribution in [0.3, 0.4) is 0 Å². The molecule has 6 rings (SSSR count). The lowest BCUT2D eigenvalue weighted by Gasteiger charge is -2.26. The van der Waals surface area contributed by atoms with E-state index in [2.05, 4.69) is 107 Å². The van der Waals surface area contributed by atoms with E-state index >= 15 is 0 Å². The van der Waals surface area contributed by atoms with Gasteiger partial charge in [-0.05, 0) is 35.9 Å². The molecule has 2 atom stereocenters. The first kappa shape index (κ1) is 14.9. The molecule has 2 aliphatic heterocycles. The van der Waals surface area contributed by atoms with Crippen molar-refractivity contribution in [1.82, 2.24) is 9.47 Å². The topological polar surface area (TPSA) is 11.4 Å². The van der Waals surface area contributed by atoms with E-state index in [1.165, 1.54) is 38.7 Å². The Morgan fingerprint density at radius 3 is 2.41 bits per heavy atom. The summed E-state index contributed by atoms with van der Waals surface area (Å²) in [5.74, 6) is 0.464. The molecular formula is C24H21N3. The lowest BCUT2D eigenvalue weighted by molar-refractivity contribution is 0.333. The van der Waals surface area contributed by atoms with Crippen molar-refractivity contribution in [2.24, 2.45) is 0 Å². The third-order valence-electron chi connectivity index (χ3n) is 6.22. The first-order chi connectivity index (χ1) is 13.2. The maximum absolute atomic E-state index is 2.42. The Balaban J connectivity index is 1.72. The van der Waals surface area contributed by atoms with Crippen molar-refractivity contribution < 1.29 is 0 Å². The van der Waals surface area contributed by atoms with Crippen LogP contribution < -0.4 is 4.90 Å². The second-order valence-electron chi connectivity index (χ2n) is 7.69. The molecule has 2 unspecified atom stereocenters. The molecule has 27 heavy (non-hydrogen) atoms. The van der Waals surface area contributed by atoms with Gasteiger partial charge in [-0.25, -0.2) is 0 Å². The number of likely N-dealkylation sites (N-methyl/N-ethyl adjacent to an activating group) is 1. The van der Waals surface area contributed by atoms with Gasteiger partial charge in [0.25, 0.3) is 0 Å². The molecule has 3 nitrogen and oxygen atoms in total. The van der Waals surface area contributed by atoms with Crippen LogP contribution in [0.5, 0.6) is 0 Å². The highest BCUT2D eigenvalue weighted by atomic mass is 15.4. The van der Waals surface area contributed by atoms with Crippen molar-refractivity contribution in [2.45, 2.75) is 19.0 Å². The highest BCUT2D eigenvalue weighted by Gasteiger charge is 2.40. The molecule has 2 aliphatic rings. The van der Waals surface area contributed by atoms with Crippen LogP contribution in [0.4, 0.5) is 5.69 Å². The van der Waals surface area contributed by atoms with Crippen LogP contribution >= 0.6 is 0 Å².